The number of benzene rings is 1. The van der Waals surface area contributed by atoms with Crippen molar-refractivity contribution >= 4 is 5.57 Å². The van der Waals surface area contributed by atoms with Crippen LogP contribution >= 0.6 is 0 Å². The summed E-state index contributed by atoms with van der Waals surface area (Å²) in [6.45, 7) is 1.43. The Morgan fingerprint density at radius 2 is 1.73 bits per heavy atom. The summed E-state index contributed by atoms with van der Waals surface area (Å²) < 4.78 is 41.0. The van der Waals surface area contributed by atoms with E-state index in [0.29, 0.717) is 11.3 Å². The Balaban J connectivity index is 2.92. The Morgan fingerprint density at radius 1 is 1.20 bits per heavy atom. The number of rotatable bonds is 2. The molecule has 1 rings (SSSR count). The molecule has 1 aromatic carbocycles. The average molecular weight is 216 g/mol. The Kier molecular flexibility index (Phi) is 3.39. The molecule has 0 N–H and O–H groups in total. The van der Waals surface area contributed by atoms with Crippen LogP contribution in [0.2, 0.25) is 0 Å². The van der Waals surface area contributed by atoms with Gasteiger partial charge in [-0.2, -0.15) is 13.2 Å². The maximum atomic E-state index is 12.0. The van der Waals surface area contributed by atoms with E-state index in [4.69, 9.17) is 4.74 Å². The molecule has 0 saturated heterocycles. The zero-order chi connectivity index (χ0) is 11.5. The lowest BCUT2D eigenvalue weighted by Crippen LogP contribution is -2.02. The van der Waals surface area contributed by atoms with E-state index < -0.39 is 6.18 Å². The normalized spacial score (nSPS) is 12.7. The third-order valence-corrected chi connectivity index (χ3v) is 1.93. The largest absolute Gasteiger partial charge is 0.497 e. The molecule has 0 aliphatic rings. The van der Waals surface area contributed by atoms with Gasteiger partial charge in [-0.1, -0.05) is 12.1 Å². The molecular formula is C11H11F3O. The van der Waals surface area contributed by atoms with Crippen molar-refractivity contribution in [2.24, 2.45) is 0 Å². The first-order valence-corrected chi connectivity index (χ1v) is 4.33. The predicted molar refractivity (Wildman–Crippen MR) is 52.7 cm³/mol. The number of allylic oxidation sites excluding steroid dienone is 2. The predicted octanol–water partition coefficient (Wildman–Crippen LogP) is 3.66. The van der Waals surface area contributed by atoms with Gasteiger partial charge in [0.2, 0.25) is 0 Å². The second-order valence-electron chi connectivity index (χ2n) is 3.10. The molecule has 0 aliphatic heterocycles. The third kappa shape index (κ3) is 3.65. The molecular weight excluding hydrogens is 205 g/mol. The van der Waals surface area contributed by atoms with Gasteiger partial charge in [0.15, 0.2) is 0 Å². The van der Waals surface area contributed by atoms with Gasteiger partial charge in [0.05, 0.1) is 7.11 Å². The quantitative estimate of drug-likeness (QED) is 0.733. The molecule has 1 aromatic rings. The highest BCUT2D eigenvalue weighted by molar-refractivity contribution is 5.64. The molecule has 0 unspecified atom stereocenters. The van der Waals surface area contributed by atoms with Crippen molar-refractivity contribution in [2.75, 3.05) is 7.11 Å². The van der Waals surface area contributed by atoms with Crippen LogP contribution in [-0.4, -0.2) is 13.3 Å². The number of hydrogen-bond donors (Lipinski definition) is 0. The molecule has 82 valence electrons. The monoisotopic (exact) mass is 216 g/mol. The molecule has 0 bridgehead atoms. The van der Waals surface area contributed by atoms with Crippen LogP contribution in [0.4, 0.5) is 13.2 Å². The molecule has 0 fully saturated rings. The molecule has 0 atom stereocenters. The SMILES string of the molecule is COc1ccc(/C(C)=C/C(F)(F)F)cc1. The minimum absolute atomic E-state index is 0.185. The molecule has 0 aromatic heterocycles. The molecule has 1 nitrogen and oxygen atoms in total. The van der Waals surface area contributed by atoms with Crippen LogP contribution < -0.4 is 4.74 Å². The zero-order valence-electron chi connectivity index (χ0n) is 8.43. The standard InChI is InChI=1S/C11H11F3O/c1-8(7-11(12,13)14)9-3-5-10(15-2)6-4-9/h3-7H,1-2H3/b8-7+. The van der Waals surface area contributed by atoms with Gasteiger partial charge in [-0.15, -0.1) is 0 Å². The summed E-state index contributed by atoms with van der Waals surface area (Å²) in [5.74, 6) is 0.624. The summed E-state index contributed by atoms with van der Waals surface area (Å²) in [4.78, 5) is 0. The first kappa shape index (κ1) is 11.6. The van der Waals surface area contributed by atoms with Gasteiger partial charge in [-0.25, -0.2) is 0 Å². The first-order chi connectivity index (χ1) is 6.92. The molecule has 0 spiro atoms. The van der Waals surface area contributed by atoms with Crippen molar-refractivity contribution in [3.63, 3.8) is 0 Å². The van der Waals surface area contributed by atoms with E-state index in [-0.39, 0.29) is 11.6 Å². The lowest BCUT2D eigenvalue weighted by molar-refractivity contribution is -0.0793. The van der Waals surface area contributed by atoms with Gasteiger partial charge in [0.1, 0.15) is 5.75 Å². The number of hydrogen-bond acceptors (Lipinski definition) is 1. The molecule has 15 heavy (non-hydrogen) atoms. The Morgan fingerprint density at radius 3 is 2.13 bits per heavy atom. The Labute approximate surface area is 86.2 Å². The van der Waals surface area contributed by atoms with Crippen LogP contribution in [0.1, 0.15) is 12.5 Å². The van der Waals surface area contributed by atoms with Crippen LogP contribution in [0.3, 0.4) is 0 Å². The average Bonchev–Trinajstić information content (AvgIpc) is 2.15. The smallest absolute Gasteiger partial charge is 0.410 e. The van der Waals surface area contributed by atoms with Gasteiger partial charge in [-0.3, -0.25) is 0 Å². The Hall–Kier alpha value is -1.45. The lowest BCUT2D eigenvalue weighted by atomic mass is 10.1. The lowest BCUT2D eigenvalue weighted by Gasteiger charge is -2.05. The zero-order valence-corrected chi connectivity index (χ0v) is 8.43. The van der Waals surface area contributed by atoms with E-state index in [0.717, 1.165) is 0 Å². The van der Waals surface area contributed by atoms with E-state index in [1.165, 1.54) is 14.0 Å². The Bertz CT molecular complexity index is 349. The van der Waals surface area contributed by atoms with Crippen molar-refractivity contribution in [1.82, 2.24) is 0 Å². The van der Waals surface area contributed by atoms with Gasteiger partial charge in [0, 0.05) is 6.08 Å². The highest BCUT2D eigenvalue weighted by Gasteiger charge is 2.23. The summed E-state index contributed by atoms with van der Waals surface area (Å²) in [5.41, 5.74) is 0.721. The van der Waals surface area contributed by atoms with Crippen LogP contribution in [0.5, 0.6) is 5.75 Å². The van der Waals surface area contributed by atoms with E-state index in [1.54, 1.807) is 24.3 Å². The highest BCUT2D eigenvalue weighted by atomic mass is 19.4. The van der Waals surface area contributed by atoms with E-state index in [9.17, 15) is 13.2 Å². The van der Waals surface area contributed by atoms with E-state index in [2.05, 4.69) is 0 Å². The summed E-state index contributed by atoms with van der Waals surface area (Å²) >= 11 is 0. The minimum atomic E-state index is -4.27. The highest BCUT2D eigenvalue weighted by Crippen LogP contribution is 2.24. The minimum Gasteiger partial charge on any atom is -0.497 e. The molecule has 0 radical (unpaired) electrons. The van der Waals surface area contributed by atoms with Crippen LogP contribution in [0.15, 0.2) is 30.3 Å². The fourth-order valence-corrected chi connectivity index (χ4v) is 1.18. The van der Waals surface area contributed by atoms with Crippen molar-refractivity contribution in [3.8, 4) is 5.75 Å². The fourth-order valence-electron chi connectivity index (χ4n) is 1.18. The fraction of sp³-hybridized carbons (Fsp3) is 0.273. The first-order valence-electron chi connectivity index (χ1n) is 4.33. The van der Waals surface area contributed by atoms with Crippen molar-refractivity contribution in [1.29, 1.82) is 0 Å². The molecule has 4 heteroatoms. The van der Waals surface area contributed by atoms with Crippen molar-refractivity contribution in [3.05, 3.63) is 35.9 Å². The van der Waals surface area contributed by atoms with E-state index >= 15 is 0 Å². The second kappa shape index (κ2) is 4.38. The molecule has 0 saturated carbocycles. The molecule has 0 heterocycles. The summed E-state index contributed by atoms with van der Waals surface area (Å²) in [6.07, 6.45) is -3.99. The maximum absolute atomic E-state index is 12.0. The van der Waals surface area contributed by atoms with Crippen LogP contribution in [0, 0.1) is 0 Å². The number of alkyl halides is 3. The number of halogens is 3. The van der Waals surface area contributed by atoms with Gasteiger partial charge in [-0.05, 0) is 30.2 Å². The number of ether oxygens (including phenoxy) is 1. The maximum Gasteiger partial charge on any atom is 0.410 e. The van der Waals surface area contributed by atoms with Crippen molar-refractivity contribution in [2.45, 2.75) is 13.1 Å². The van der Waals surface area contributed by atoms with Crippen LogP contribution in [-0.2, 0) is 0 Å². The van der Waals surface area contributed by atoms with Gasteiger partial charge >= 0.3 is 6.18 Å². The van der Waals surface area contributed by atoms with Gasteiger partial charge in [0.25, 0.3) is 0 Å². The molecule has 0 amide bonds. The van der Waals surface area contributed by atoms with E-state index in [1.807, 2.05) is 0 Å². The number of methoxy groups -OCH3 is 1. The van der Waals surface area contributed by atoms with Gasteiger partial charge < -0.3 is 4.74 Å². The van der Waals surface area contributed by atoms with Crippen molar-refractivity contribution < 1.29 is 17.9 Å². The summed E-state index contributed by atoms with van der Waals surface area (Å²) in [7, 11) is 1.51. The third-order valence-electron chi connectivity index (χ3n) is 1.93. The van der Waals surface area contributed by atoms with Crippen LogP contribution in [0.25, 0.3) is 5.57 Å². The summed E-state index contributed by atoms with van der Waals surface area (Å²) in [6, 6.07) is 6.44. The summed E-state index contributed by atoms with van der Waals surface area (Å²) in [5, 5.41) is 0. The topological polar surface area (TPSA) is 9.23 Å². The molecule has 0 aliphatic carbocycles. The second-order valence-corrected chi connectivity index (χ2v) is 3.10.